The highest BCUT2D eigenvalue weighted by Crippen LogP contribution is 2.27. The molecule has 7 nitrogen and oxygen atoms in total. The lowest BCUT2D eigenvalue weighted by Gasteiger charge is -2.32. The average Bonchev–Trinajstić information content (AvgIpc) is 3.32. The Bertz CT molecular complexity index is 894. The van der Waals surface area contributed by atoms with E-state index in [1.807, 2.05) is 23.4 Å². The summed E-state index contributed by atoms with van der Waals surface area (Å²) < 4.78 is 6.90. The average molecular weight is 365 g/mol. The van der Waals surface area contributed by atoms with Crippen LogP contribution in [0.5, 0.6) is 0 Å². The van der Waals surface area contributed by atoms with Crippen LogP contribution in [0.3, 0.4) is 0 Å². The normalized spacial score (nSPS) is 15.2. The van der Waals surface area contributed by atoms with Crippen molar-refractivity contribution in [2.24, 2.45) is 0 Å². The number of nitrogens with zero attached hydrogens (tertiary/aromatic N) is 5. The molecule has 0 radical (unpaired) electrons. The van der Waals surface area contributed by atoms with Crippen LogP contribution in [0, 0.1) is 6.92 Å². The maximum atomic E-state index is 12.5. The van der Waals surface area contributed by atoms with E-state index in [1.54, 1.807) is 6.92 Å². The number of aromatic nitrogens is 4. The second-order valence-electron chi connectivity index (χ2n) is 7.03. The van der Waals surface area contributed by atoms with Crippen LogP contribution >= 0.6 is 0 Å². The lowest BCUT2D eigenvalue weighted by molar-refractivity contribution is -0.131. The summed E-state index contributed by atoms with van der Waals surface area (Å²) in [5, 5.41) is 7.55. The monoisotopic (exact) mass is 365 g/mol. The molecule has 1 aromatic carbocycles. The highest BCUT2D eigenvalue weighted by molar-refractivity contribution is 5.78. The van der Waals surface area contributed by atoms with Gasteiger partial charge in [0, 0.05) is 37.9 Å². The van der Waals surface area contributed by atoms with Crippen LogP contribution in [-0.2, 0) is 17.8 Å². The van der Waals surface area contributed by atoms with Crippen LogP contribution in [0.15, 0.2) is 47.4 Å². The third-order valence-electron chi connectivity index (χ3n) is 5.22. The van der Waals surface area contributed by atoms with Gasteiger partial charge in [-0.05, 0) is 25.3 Å². The molecule has 0 saturated carbocycles. The molecule has 4 rings (SSSR count). The third-order valence-corrected chi connectivity index (χ3v) is 5.22. The third kappa shape index (κ3) is 3.92. The minimum absolute atomic E-state index is 0.0832. The topological polar surface area (TPSA) is 77.1 Å². The molecular weight excluding hydrogens is 342 g/mol. The predicted octanol–water partition coefficient (Wildman–Crippen LogP) is 2.57. The van der Waals surface area contributed by atoms with Gasteiger partial charge in [0.1, 0.15) is 17.2 Å². The summed E-state index contributed by atoms with van der Waals surface area (Å²) in [6.45, 7) is 4.11. The van der Waals surface area contributed by atoms with Crippen LogP contribution in [0.2, 0.25) is 0 Å². The van der Waals surface area contributed by atoms with Gasteiger partial charge in [-0.2, -0.15) is 0 Å². The van der Waals surface area contributed by atoms with Crippen LogP contribution in [0.1, 0.15) is 41.5 Å². The van der Waals surface area contributed by atoms with Gasteiger partial charge in [-0.1, -0.05) is 40.6 Å². The largest absolute Gasteiger partial charge is 0.342 e. The van der Waals surface area contributed by atoms with Crippen LogP contribution < -0.4 is 0 Å². The first-order valence-electron chi connectivity index (χ1n) is 9.31. The smallest absolute Gasteiger partial charge is 0.228 e. The van der Waals surface area contributed by atoms with Crippen molar-refractivity contribution >= 4 is 5.91 Å². The first kappa shape index (κ1) is 17.5. The highest BCUT2D eigenvalue weighted by atomic mass is 16.6. The molecule has 1 aliphatic rings. The number of carbonyl (C=O) groups excluding carboxylic acids is 1. The summed E-state index contributed by atoms with van der Waals surface area (Å²) in [7, 11) is 0. The lowest BCUT2D eigenvalue weighted by atomic mass is 9.95. The summed E-state index contributed by atoms with van der Waals surface area (Å²) in [5.74, 6) is 1.57. The van der Waals surface area contributed by atoms with Gasteiger partial charge in [0.15, 0.2) is 0 Å². The molecule has 3 aromatic rings. The van der Waals surface area contributed by atoms with Gasteiger partial charge in [0.25, 0.3) is 0 Å². The molecule has 1 amide bonds. The molecular formula is C20H23N5O2. The Kier molecular flexibility index (Phi) is 5.00. The maximum Gasteiger partial charge on any atom is 0.228 e. The van der Waals surface area contributed by atoms with Crippen molar-refractivity contribution in [1.82, 2.24) is 24.8 Å². The zero-order valence-electron chi connectivity index (χ0n) is 15.4. The Labute approximate surface area is 158 Å². The Morgan fingerprint density at radius 3 is 2.67 bits per heavy atom. The van der Waals surface area contributed by atoms with E-state index in [4.69, 9.17) is 0 Å². The van der Waals surface area contributed by atoms with E-state index in [-0.39, 0.29) is 12.3 Å². The van der Waals surface area contributed by atoms with E-state index >= 15 is 0 Å². The second-order valence-corrected chi connectivity index (χ2v) is 7.03. The molecule has 0 aliphatic carbocycles. The first-order valence-corrected chi connectivity index (χ1v) is 9.31. The molecule has 0 N–H and O–H groups in total. The number of rotatable bonds is 5. The number of aryl methyl sites for hydroxylation is 1. The summed E-state index contributed by atoms with van der Waals surface area (Å²) in [4.78, 5) is 19.0. The summed E-state index contributed by atoms with van der Waals surface area (Å²) in [6.07, 6.45) is 6.01. The Hall–Kier alpha value is -2.96. The van der Waals surface area contributed by atoms with Gasteiger partial charge in [-0.3, -0.25) is 4.79 Å². The first-order chi connectivity index (χ1) is 13.2. The molecule has 3 heterocycles. The van der Waals surface area contributed by atoms with E-state index < -0.39 is 0 Å². The van der Waals surface area contributed by atoms with Crippen LogP contribution in [0.25, 0.3) is 0 Å². The van der Waals surface area contributed by atoms with Crippen molar-refractivity contribution in [2.75, 3.05) is 13.1 Å². The van der Waals surface area contributed by atoms with Crippen molar-refractivity contribution in [3.63, 3.8) is 0 Å². The van der Waals surface area contributed by atoms with Gasteiger partial charge in [-0.15, -0.1) is 0 Å². The summed E-state index contributed by atoms with van der Waals surface area (Å²) in [5.41, 5.74) is 2.57. The number of hydrogen-bond acceptors (Lipinski definition) is 5. The van der Waals surface area contributed by atoms with E-state index in [1.165, 1.54) is 5.56 Å². The van der Waals surface area contributed by atoms with Gasteiger partial charge in [-0.25, -0.2) is 9.61 Å². The van der Waals surface area contributed by atoms with E-state index in [0.717, 1.165) is 38.3 Å². The second kappa shape index (κ2) is 7.73. The van der Waals surface area contributed by atoms with Gasteiger partial charge >= 0.3 is 0 Å². The fourth-order valence-corrected chi connectivity index (χ4v) is 3.65. The SMILES string of the molecule is Cc1nonc1CC(=O)N1CCC(c2nccn2Cc2ccccc2)CC1. The van der Waals surface area contributed by atoms with Crippen molar-refractivity contribution in [3.05, 3.63) is 65.5 Å². The molecule has 0 atom stereocenters. The van der Waals surface area contributed by atoms with Gasteiger partial charge in [0.05, 0.1) is 6.42 Å². The zero-order chi connectivity index (χ0) is 18.6. The fourth-order valence-electron chi connectivity index (χ4n) is 3.65. The Morgan fingerprint density at radius 2 is 1.96 bits per heavy atom. The van der Waals surface area contributed by atoms with E-state index in [9.17, 15) is 4.79 Å². The van der Waals surface area contributed by atoms with Gasteiger partial charge < -0.3 is 9.47 Å². The molecule has 27 heavy (non-hydrogen) atoms. The summed E-state index contributed by atoms with van der Waals surface area (Å²) >= 11 is 0. The molecule has 1 aliphatic heterocycles. The number of hydrogen-bond donors (Lipinski definition) is 0. The van der Waals surface area contributed by atoms with Crippen molar-refractivity contribution in [3.8, 4) is 0 Å². The number of likely N-dealkylation sites (tertiary alicyclic amines) is 1. The Balaban J connectivity index is 1.36. The lowest BCUT2D eigenvalue weighted by Crippen LogP contribution is -2.39. The molecule has 0 unspecified atom stereocenters. The van der Waals surface area contributed by atoms with Crippen molar-refractivity contribution < 1.29 is 9.42 Å². The van der Waals surface area contributed by atoms with Crippen molar-refractivity contribution in [1.29, 1.82) is 0 Å². The van der Waals surface area contributed by atoms with Crippen LogP contribution in [-0.4, -0.2) is 43.8 Å². The fraction of sp³-hybridized carbons (Fsp3) is 0.400. The molecule has 0 bridgehead atoms. The number of benzene rings is 1. The molecule has 7 heteroatoms. The van der Waals surface area contributed by atoms with E-state index in [0.29, 0.717) is 17.3 Å². The minimum Gasteiger partial charge on any atom is -0.342 e. The molecule has 2 aromatic heterocycles. The number of imidazole rings is 1. The molecule has 140 valence electrons. The zero-order valence-corrected chi connectivity index (χ0v) is 15.4. The number of carbonyl (C=O) groups is 1. The standard InChI is InChI=1S/C20H23N5O2/c1-15-18(23-27-22-15)13-19(26)24-10-7-17(8-11-24)20-21-9-12-25(20)14-16-5-3-2-4-6-16/h2-6,9,12,17H,7-8,10-11,13-14H2,1H3. The minimum atomic E-state index is 0.0832. The highest BCUT2D eigenvalue weighted by Gasteiger charge is 2.27. The number of piperidine rings is 1. The van der Waals surface area contributed by atoms with Crippen molar-refractivity contribution in [2.45, 2.75) is 38.6 Å². The molecule has 1 fully saturated rings. The number of amides is 1. The summed E-state index contributed by atoms with van der Waals surface area (Å²) in [6, 6.07) is 10.4. The predicted molar refractivity (Wildman–Crippen MR) is 99.1 cm³/mol. The van der Waals surface area contributed by atoms with Gasteiger partial charge in [0.2, 0.25) is 5.91 Å². The van der Waals surface area contributed by atoms with E-state index in [2.05, 4.69) is 48.8 Å². The maximum absolute atomic E-state index is 12.5. The Morgan fingerprint density at radius 1 is 1.19 bits per heavy atom. The molecule has 0 spiro atoms. The quantitative estimate of drug-likeness (QED) is 0.694. The van der Waals surface area contributed by atoms with Crippen LogP contribution in [0.4, 0.5) is 0 Å². The molecule has 1 saturated heterocycles.